The van der Waals surface area contributed by atoms with Gasteiger partial charge in [0, 0.05) is 23.7 Å². The third-order valence-electron chi connectivity index (χ3n) is 4.28. The molecule has 7 nitrogen and oxygen atoms in total. The highest BCUT2D eigenvalue weighted by Crippen LogP contribution is 2.26. The molecule has 0 saturated carbocycles. The van der Waals surface area contributed by atoms with E-state index in [1.807, 2.05) is 6.92 Å². The van der Waals surface area contributed by atoms with E-state index in [0.29, 0.717) is 19.4 Å². The number of carbonyl (C=O) groups excluding carboxylic acids is 1. The molecule has 0 aliphatic carbocycles. The molecule has 1 aliphatic rings. The lowest BCUT2D eigenvalue weighted by atomic mass is 10.1. The Bertz CT molecular complexity index is 953. The summed E-state index contributed by atoms with van der Waals surface area (Å²) in [7, 11) is -7.08. The van der Waals surface area contributed by atoms with Gasteiger partial charge in [-0.05, 0) is 51.8 Å². The van der Waals surface area contributed by atoms with Crippen molar-refractivity contribution >= 4 is 37.4 Å². The molecule has 1 atom stereocenters. The molecular weight excluding hydrogens is 424 g/mol. The predicted molar refractivity (Wildman–Crippen MR) is 110 cm³/mol. The number of sulfonamides is 1. The molecule has 0 radical (unpaired) electrons. The average Bonchev–Trinajstić information content (AvgIpc) is 2.89. The number of carbonyl (C=O) groups is 1. The minimum Gasteiger partial charge on any atom is -0.335 e. The van der Waals surface area contributed by atoms with Crippen LogP contribution in [-0.4, -0.2) is 57.3 Å². The maximum atomic E-state index is 13.1. The minimum absolute atomic E-state index is 0.0128. The normalized spacial score (nSPS) is 19.5. The summed E-state index contributed by atoms with van der Waals surface area (Å²) in [5.74, 6) is -0.405. The monoisotopic (exact) mass is 450 g/mol. The van der Waals surface area contributed by atoms with Gasteiger partial charge in [-0.1, -0.05) is 18.5 Å². The largest absolute Gasteiger partial charge is 0.335 e. The molecule has 0 aromatic heterocycles. The van der Waals surface area contributed by atoms with Crippen LogP contribution in [0.5, 0.6) is 0 Å². The predicted octanol–water partition coefficient (Wildman–Crippen LogP) is 2.46. The zero-order valence-electron chi connectivity index (χ0n) is 16.5. The molecule has 1 heterocycles. The van der Waals surface area contributed by atoms with E-state index >= 15 is 0 Å². The molecule has 1 unspecified atom stereocenters. The smallest absolute Gasteiger partial charge is 0.254 e. The molecule has 0 bridgehead atoms. The molecule has 1 N–H and O–H groups in total. The van der Waals surface area contributed by atoms with E-state index in [4.69, 9.17) is 11.6 Å². The highest BCUT2D eigenvalue weighted by molar-refractivity contribution is 7.91. The summed E-state index contributed by atoms with van der Waals surface area (Å²) in [6.45, 7) is 7.41. The highest BCUT2D eigenvalue weighted by atomic mass is 35.5. The summed E-state index contributed by atoms with van der Waals surface area (Å²) >= 11 is 6.10. The molecule has 1 amide bonds. The molecule has 10 heteroatoms. The van der Waals surface area contributed by atoms with Crippen LogP contribution in [-0.2, 0) is 19.9 Å². The zero-order valence-corrected chi connectivity index (χ0v) is 18.9. The Kier molecular flexibility index (Phi) is 6.85. The van der Waals surface area contributed by atoms with E-state index in [0.717, 1.165) is 0 Å². The van der Waals surface area contributed by atoms with E-state index in [2.05, 4.69) is 4.72 Å². The van der Waals surface area contributed by atoms with Crippen molar-refractivity contribution in [1.29, 1.82) is 0 Å². The van der Waals surface area contributed by atoms with Gasteiger partial charge in [-0.2, -0.15) is 0 Å². The Morgan fingerprint density at radius 2 is 1.96 bits per heavy atom. The van der Waals surface area contributed by atoms with Crippen molar-refractivity contribution < 1.29 is 21.6 Å². The molecular formula is C18H27ClN2O5S2. The second kappa shape index (κ2) is 8.30. The lowest BCUT2D eigenvalue weighted by molar-refractivity contribution is 0.0697. The topological polar surface area (TPSA) is 101 Å². The first-order chi connectivity index (χ1) is 12.8. The quantitative estimate of drug-likeness (QED) is 0.717. The Morgan fingerprint density at radius 3 is 2.46 bits per heavy atom. The van der Waals surface area contributed by atoms with Crippen molar-refractivity contribution in [2.45, 2.75) is 57.0 Å². The van der Waals surface area contributed by atoms with Crippen LogP contribution in [0.3, 0.4) is 0 Å². The van der Waals surface area contributed by atoms with Gasteiger partial charge in [-0.3, -0.25) is 4.79 Å². The van der Waals surface area contributed by atoms with Crippen LogP contribution in [0, 0.1) is 0 Å². The van der Waals surface area contributed by atoms with Crippen LogP contribution in [0.4, 0.5) is 0 Å². The number of hydrogen-bond acceptors (Lipinski definition) is 5. The molecule has 28 heavy (non-hydrogen) atoms. The summed E-state index contributed by atoms with van der Waals surface area (Å²) < 4.78 is 51.5. The summed E-state index contributed by atoms with van der Waals surface area (Å²) in [6.07, 6.45) is 1.05. The van der Waals surface area contributed by atoms with Crippen LogP contribution in [0.25, 0.3) is 0 Å². The van der Waals surface area contributed by atoms with Gasteiger partial charge >= 0.3 is 0 Å². The van der Waals surface area contributed by atoms with Crippen LogP contribution in [0.2, 0.25) is 5.02 Å². The maximum Gasteiger partial charge on any atom is 0.254 e. The number of halogens is 1. The maximum absolute atomic E-state index is 13.1. The number of sulfone groups is 1. The molecule has 1 fully saturated rings. The number of hydrogen-bond donors (Lipinski definition) is 1. The molecule has 2 rings (SSSR count). The van der Waals surface area contributed by atoms with Crippen molar-refractivity contribution in [2.75, 3.05) is 18.1 Å². The molecule has 0 spiro atoms. The highest BCUT2D eigenvalue weighted by Gasteiger charge is 2.35. The van der Waals surface area contributed by atoms with E-state index in [9.17, 15) is 21.6 Å². The Labute approximate surface area is 172 Å². The van der Waals surface area contributed by atoms with Gasteiger partial charge in [-0.25, -0.2) is 21.6 Å². The van der Waals surface area contributed by atoms with Crippen molar-refractivity contribution in [2.24, 2.45) is 0 Å². The first kappa shape index (κ1) is 23.1. The van der Waals surface area contributed by atoms with Crippen molar-refractivity contribution in [3.63, 3.8) is 0 Å². The molecule has 1 saturated heterocycles. The number of nitrogens with zero attached hydrogens (tertiary/aromatic N) is 1. The zero-order chi connectivity index (χ0) is 21.3. The first-order valence-corrected chi connectivity index (χ1v) is 12.8. The SMILES string of the molecule is CCCN(C(=O)c1ccc(Cl)c(S(=O)(=O)NC(C)(C)C)c1)C1CCS(=O)(=O)C1. The Balaban J connectivity index is 2.39. The number of nitrogens with one attached hydrogen (secondary N) is 1. The van der Waals surface area contributed by atoms with Crippen molar-refractivity contribution in [3.8, 4) is 0 Å². The second-order valence-electron chi connectivity index (χ2n) is 8.06. The molecule has 1 aromatic carbocycles. The van der Waals surface area contributed by atoms with Gasteiger partial charge in [0.15, 0.2) is 9.84 Å². The van der Waals surface area contributed by atoms with E-state index in [-0.39, 0.29) is 27.0 Å². The lowest BCUT2D eigenvalue weighted by Gasteiger charge is -2.28. The second-order valence-corrected chi connectivity index (χ2v) is 12.3. The van der Waals surface area contributed by atoms with Gasteiger partial charge < -0.3 is 4.90 Å². The van der Waals surface area contributed by atoms with Gasteiger partial charge in [0.2, 0.25) is 10.0 Å². The van der Waals surface area contributed by atoms with Crippen LogP contribution >= 0.6 is 11.6 Å². The van der Waals surface area contributed by atoms with Crippen molar-refractivity contribution in [3.05, 3.63) is 28.8 Å². The fourth-order valence-corrected chi connectivity index (χ4v) is 6.85. The summed E-state index contributed by atoms with van der Waals surface area (Å²) in [5.41, 5.74) is -0.550. The first-order valence-electron chi connectivity index (χ1n) is 9.11. The summed E-state index contributed by atoms with van der Waals surface area (Å²) in [5, 5.41) is 0.0128. The van der Waals surface area contributed by atoms with Gasteiger partial charge in [0.05, 0.1) is 16.5 Å². The number of benzene rings is 1. The van der Waals surface area contributed by atoms with Crippen LogP contribution < -0.4 is 4.72 Å². The van der Waals surface area contributed by atoms with E-state index in [1.165, 1.54) is 23.1 Å². The minimum atomic E-state index is -3.93. The third kappa shape index (κ3) is 5.68. The number of rotatable bonds is 6. The van der Waals surface area contributed by atoms with Crippen LogP contribution in [0.15, 0.2) is 23.1 Å². The standard InChI is InChI=1S/C18H27ClN2O5S2/c1-5-9-21(14-8-10-27(23,24)12-14)17(22)13-6-7-15(19)16(11-13)28(25,26)20-18(2,3)4/h6-7,11,14,20H,5,8-10,12H2,1-4H3. The van der Waals surface area contributed by atoms with E-state index < -0.39 is 37.3 Å². The Hall–Kier alpha value is -1.16. The van der Waals surface area contributed by atoms with E-state index in [1.54, 1.807) is 20.8 Å². The van der Waals surface area contributed by atoms with Gasteiger partial charge in [0.1, 0.15) is 4.90 Å². The molecule has 1 aliphatic heterocycles. The number of amides is 1. The van der Waals surface area contributed by atoms with Crippen LogP contribution in [0.1, 0.15) is 50.9 Å². The van der Waals surface area contributed by atoms with Crippen molar-refractivity contribution in [1.82, 2.24) is 9.62 Å². The third-order valence-corrected chi connectivity index (χ3v) is 8.27. The summed E-state index contributed by atoms with van der Waals surface area (Å²) in [4.78, 5) is 14.4. The molecule has 158 valence electrons. The van der Waals surface area contributed by atoms with Gasteiger partial charge in [0.25, 0.3) is 5.91 Å². The lowest BCUT2D eigenvalue weighted by Crippen LogP contribution is -2.42. The fourth-order valence-electron chi connectivity index (χ4n) is 3.18. The van der Waals surface area contributed by atoms with Gasteiger partial charge in [-0.15, -0.1) is 0 Å². The average molecular weight is 451 g/mol. The fraction of sp³-hybridized carbons (Fsp3) is 0.611. The summed E-state index contributed by atoms with van der Waals surface area (Å²) in [6, 6.07) is 3.69. The Morgan fingerprint density at radius 1 is 1.32 bits per heavy atom. The molecule has 1 aromatic rings.